The van der Waals surface area contributed by atoms with Gasteiger partial charge in [0, 0.05) is 18.9 Å². The maximum absolute atomic E-state index is 13.7. The molecule has 0 heterocycles. The van der Waals surface area contributed by atoms with Crippen molar-refractivity contribution in [3.63, 3.8) is 0 Å². The minimum absolute atomic E-state index is 0.113. The molecule has 2 N–H and O–H groups in total. The summed E-state index contributed by atoms with van der Waals surface area (Å²) < 4.78 is 35.5. The third kappa shape index (κ3) is 6.17. The van der Waals surface area contributed by atoms with Gasteiger partial charge in [0.1, 0.15) is 15.7 Å². The lowest BCUT2D eigenvalue weighted by Gasteiger charge is -2.06. The van der Waals surface area contributed by atoms with Crippen LogP contribution in [0.25, 0.3) is 6.08 Å². The first-order valence-corrected chi connectivity index (χ1v) is 7.91. The zero-order valence-electron chi connectivity index (χ0n) is 11.2. The molecule has 0 radical (unpaired) electrons. The standard InChI is InChI=1S/C13H14FNO5S/c1-21(19,20)7-6-15-13(18)10-4-2-9(8-11(10)14)3-5-12(16)17/h2-5,8H,6-7H2,1H3,(H,15,18)(H,16,17). The Hall–Kier alpha value is -2.22. The summed E-state index contributed by atoms with van der Waals surface area (Å²) in [4.78, 5) is 22.0. The number of carbonyl (C=O) groups is 2. The molecule has 8 heteroatoms. The lowest BCUT2D eigenvalue weighted by Crippen LogP contribution is -2.29. The van der Waals surface area contributed by atoms with E-state index in [-0.39, 0.29) is 17.9 Å². The maximum atomic E-state index is 13.7. The average Bonchev–Trinajstić information content (AvgIpc) is 2.34. The molecule has 0 atom stereocenters. The number of hydrogen-bond donors (Lipinski definition) is 2. The highest BCUT2D eigenvalue weighted by Crippen LogP contribution is 2.12. The van der Waals surface area contributed by atoms with Gasteiger partial charge in [-0.05, 0) is 23.8 Å². The second kappa shape index (κ2) is 6.98. The summed E-state index contributed by atoms with van der Waals surface area (Å²) >= 11 is 0. The van der Waals surface area contributed by atoms with E-state index in [1.807, 2.05) is 0 Å². The fourth-order valence-electron chi connectivity index (χ4n) is 1.43. The molecule has 0 unspecified atom stereocenters. The van der Waals surface area contributed by atoms with Crippen molar-refractivity contribution in [2.75, 3.05) is 18.6 Å². The maximum Gasteiger partial charge on any atom is 0.328 e. The Morgan fingerprint density at radius 3 is 2.57 bits per heavy atom. The zero-order valence-corrected chi connectivity index (χ0v) is 12.0. The quantitative estimate of drug-likeness (QED) is 0.753. The first-order valence-electron chi connectivity index (χ1n) is 5.85. The van der Waals surface area contributed by atoms with Crippen LogP contribution in [0.4, 0.5) is 4.39 Å². The molecule has 114 valence electrons. The molecule has 0 aromatic heterocycles. The molecule has 0 fully saturated rings. The predicted molar refractivity (Wildman–Crippen MR) is 75.1 cm³/mol. The summed E-state index contributed by atoms with van der Waals surface area (Å²) in [7, 11) is -3.21. The molecule has 1 rings (SSSR count). The Bertz CT molecular complexity index is 682. The SMILES string of the molecule is CS(=O)(=O)CCNC(=O)c1ccc(C=CC(=O)O)cc1F. The Morgan fingerprint density at radius 2 is 2.05 bits per heavy atom. The third-order valence-corrected chi connectivity index (χ3v) is 3.36. The van der Waals surface area contributed by atoms with Gasteiger partial charge in [-0.1, -0.05) is 6.07 Å². The fourth-order valence-corrected chi connectivity index (χ4v) is 1.90. The topological polar surface area (TPSA) is 101 Å². The Labute approximate surface area is 121 Å². The fraction of sp³-hybridized carbons (Fsp3) is 0.231. The number of sulfone groups is 1. The first-order chi connectivity index (χ1) is 9.69. The van der Waals surface area contributed by atoms with Gasteiger partial charge < -0.3 is 10.4 Å². The normalized spacial score (nSPS) is 11.5. The minimum Gasteiger partial charge on any atom is -0.478 e. The van der Waals surface area contributed by atoms with Crippen molar-refractivity contribution in [1.29, 1.82) is 0 Å². The molecule has 0 saturated heterocycles. The second-order valence-corrected chi connectivity index (χ2v) is 6.56. The van der Waals surface area contributed by atoms with Crippen LogP contribution in [0.1, 0.15) is 15.9 Å². The van der Waals surface area contributed by atoms with Crippen LogP contribution >= 0.6 is 0 Å². The lowest BCUT2D eigenvalue weighted by atomic mass is 10.1. The number of carbonyl (C=O) groups excluding carboxylic acids is 1. The number of carboxylic acids is 1. The van der Waals surface area contributed by atoms with Crippen LogP contribution in [-0.2, 0) is 14.6 Å². The summed E-state index contributed by atoms with van der Waals surface area (Å²) in [5.41, 5.74) is 0.0542. The van der Waals surface area contributed by atoms with E-state index in [0.29, 0.717) is 5.56 Å². The van der Waals surface area contributed by atoms with E-state index in [1.165, 1.54) is 18.2 Å². The highest BCUT2D eigenvalue weighted by molar-refractivity contribution is 7.90. The summed E-state index contributed by atoms with van der Waals surface area (Å²) in [5.74, 6) is -2.96. The molecule has 0 aliphatic heterocycles. The molecule has 21 heavy (non-hydrogen) atoms. The molecule has 0 aliphatic rings. The van der Waals surface area contributed by atoms with Gasteiger partial charge in [-0.15, -0.1) is 0 Å². The van der Waals surface area contributed by atoms with E-state index in [1.54, 1.807) is 0 Å². The molecule has 0 bridgehead atoms. The number of rotatable bonds is 6. The van der Waals surface area contributed by atoms with Gasteiger partial charge in [-0.3, -0.25) is 4.79 Å². The van der Waals surface area contributed by atoms with E-state index in [0.717, 1.165) is 18.4 Å². The zero-order chi connectivity index (χ0) is 16.0. The van der Waals surface area contributed by atoms with Crippen molar-refractivity contribution in [3.05, 3.63) is 41.2 Å². The van der Waals surface area contributed by atoms with Gasteiger partial charge in [-0.25, -0.2) is 17.6 Å². The largest absolute Gasteiger partial charge is 0.478 e. The Kier molecular flexibility index (Phi) is 5.60. The summed E-state index contributed by atoms with van der Waals surface area (Å²) in [5, 5.41) is 10.8. The number of halogens is 1. The van der Waals surface area contributed by atoms with Crippen LogP contribution in [0.15, 0.2) is 24.3 Å². The lowest BCUT2D eigenvalue weighted by molar-refractivity contribution is -0.131. The van der Waals surface area contributed by atoms with Gasteiger partial charge in [0.25, 0.3) is 5.91 Å². The van der Waals surface area contributed by atoms with Crippen molar-refractivity contribution in [3.8, 4) is 0 Å². The predicted octanol–water partition coefficient (Wildman–Crippen LogP) is 0.698. The molecule has 1 amide bonds. The Morgan fingerprint density at radius 1 is 1.38 bits per heavy atom. The van der Waals surface area contributed by atoms with E-state index in [4.69, 9.17) is 5.11 Å². The van der Waals surface area contributed by atoms with E-state index in [2.05, 4.69) is 5.32 Å². The van der Waals surface area contributed by atoms with Gasteiger partial charge >= 0.3 is 5.97 Å². The Balaban J connectivity index is 2.75. The molecule has 0 spiro atoms. The van der Waals surface area contributed by atoms with E-state index >= 15 is 0 Å². The van der Waals surface area contributed by atoms with Crippen molar-refractivity contribution >= 4 is 27.8 Å². The van der Waals surface area contributed by atoms with Crippen LogP contribution in [0, 0.1) is 5.82 Å². The monoisotopic (exact) mass is 315 g/mol. The van der Waals surface area contributed by atoms with Crippen molar-refractivity contribution in [1.82, 2.24) is 5.32 Å². The van der Waals surface area contributed by atoms with Crippen molar-refractivity contribution < 1.29 is 27.5 Å². The molecular formula is C13H14FNO5S. The molecule has 0 saturated carbocycles. The van der Waals surface area contributed by atoms with Crippen LogP contribution in [0.5, 0.6) is 0 Å². The van der Waals surface area contributed by atoms with Gasteiger partial charge in [0.2, 0.25) is 0 Å². The van der Waals surface area contributed by atoms with E-state index in [9.17, 15) is 22.4 Å². The van der Waals surface area contributed by atoms with Crippen LogP contribution in [0.3, 0.4) is 0 Å². The molecule has 1 aromatic carbocycles. The van der Waals surface area contributed by atoms with E-state index < -0.39 is 27.5 Å². The smallest absolute Gasteiger partial charge is 0.328 e. The highest BCUT2D eigenvalue weighted by atomic mass is 32.2. The minimum atomic E-state index is -3.21. The summed E-state index contributed by atoms with van der Waals surface area (Å²) in [6, 6.07) is 3.60. The first kappa shape index (κ1) is 16.8. The number of aliphatic carboxylic acids is 1. The summed E-state index contributed by atoms with van der Waals surface area (Å²) in [6.45, 7) is -0.113. The second-order valence-electron chi connectivity index (χ2n) is 4.30. The van der Waals surface area contributed by atoms with Crippen LogP contribution < -0.4 is 5.32 Å². The molecule has 0 aliphatic carbocycles. The number of nitrogens with one attached hydrogen (secondary N) is 1. The number of benzene rings is 1. The van der Waals surface area contributed by atoms with Crippen LogP contribution in [-0.4, -0.2) is 44.0 Å². The van der Waals surface area contributed by atoms with Crippen LogP contribution in [0.2, 0.25) is 0 Å². The van der Waals surface area contributed by atoms with Gasteiger partial charge in [0.15, 0.2) is 0 Å². The van der Waals surface area contributed by atoms with Gasteiger partial charge in [-0.2, -0.15) is 0 Å². The molecular weight excluding hydrogens is 301 g/mol. The number of carboxylic acid groups (broad SMARTS) is 1. The third-order valence-electron chi connectivity index (χ3n) is 2.41. The molecule has 1 aromatic rings. The highest BCUT2D eigenvalue weighted by Gasteiger charge is 2.12. The van der Waals surface area contributed by atoms with Gasteiger partial charge in [0.05, 0.1) is 11.3 Å². The number of amides is 1. The molecule has 6 nitrogen and oxygen atoms in total. The van der Waals surface area contributed by atoms with Crippen molar-refractivity contribution in [2.24, 2.45) is 0 Å². The number of hydrogen-bond acceptors (Lipinski definition) is 4. The van der Waals surface area contributed by atoms with Crippen molar-refractivity contribution in [2.45, 2.75) is 0 Å². The summed E-state index contributed by atoms with van der Waals surface area (Å²) in [6.07, 6.45) is 3.07. The average molecular weight is 315 g/mol.